The van der Waals surface area contributed by atoms with Crippen molar-refractivity contribution in [1.29, 1.82) is 0 Å². The molecule has 2 atom stereocenters. The second-order valence-corrected chi connectivity index (χ2v) is 6.93. The first-order valence-corrected chi connectivity index (χ1v) is 7.90. The van der Waals surface area contributed by atoms with E-state index in [0.717, 1.165) is 22.5 Å². The first kappa shape index (κ1) is 15.3. The number of nitrogens with zero attached hydrogens (tertiary/aromatic N) is 1. The summed E-state index contributed by atoms with van der Waals surface area (Å²) in [4.78, 5) is -0.911. The largest absolute Gasteiger partial charge is 0.393 e. The average Bonchev–Trinajstić information content (AvgIpc) is 2.38. The molecule has 1 aliphatic heterocycles. The minimum absolute atomic E-state index is 0.0772. The van der Waals surface area contributed by atoms with Gasteiger partial charge in [-0.2, -0.15) is 4.31 Å². The van der Waals surface area contributed by atoms with E-state index < -0.39 is 32.7 Å². The molecule has 1 saturated heterocycles. The molecule has 112 valence electrons. The van der Waals surface area contributed by atoms with Crippen LogP contribution in [0.5, 0.6) is 0 Å². The predicted molar refractivity (Wildman–Crippen MR) is 69.5 cm³/mol. The van der Waals surface area contributed by atoms with Gasteiger partial charge in [0.05, 0.1) is 6.10 Å². The standard InChI is InChI=1S/C13H17F2NO3S/c1-9(17)10-4-3-7-16(8-10)20(18,19)13-11(14)5-2-6-12(13)15/h2,5-6,9-10,17H,3-4,7-8H2,1H3. The maximum absolute atomic E-state index is 13.7. The van der Waals surface area contributed by atoms with Gasteiger partial charge in [-0.15, -0.1) is 0 Å². The molecular weight excluding hydrogens is 288 g/mol. The van der Waals surface area contributed by atoms with Crippen molar-refractivity contribution in [3.63, 3.8) is 0 Å². The predicted octanol–water partition coefficient (Wildman–Crippen LogP) is 1.75. The summed E-state index contributed by atoms with van der Waals surface area (Å²) in [5.74, 6) is -2.40. The molecule has 2 unspecified atom stereocenters. The molecule has 1 aromatic rings. The van der Waals surface area contributed by atoms with Gasteiger partial charge in [0.25, 0.3) is 0 Å². The van der Waals surface area contributed by atoms with Crippen LogP contribution in [-0.2, 0) is 10.0 Å². The van der Waals surface area contributed by atoms with Crippen molar-refractivity contribution in [3.05, 3.63) is 29.8 Å². The van der Waals surface area contributed by atoms with E-state index in [0.29, 0.717) is 12.8 Å². The van der Waals surface area contributed by atoms with Crippen LogP contribution in [0.1, 0.15) is 19.8 Å². The van der Waals surface area contributed by atoms with Crippen molar-refractivity contribution in [2.75, 3.05) is 13.1 Å². The molecule has 0 spiro atoms. The van der Waals surface area contributed by atoms with E-state index in [-0.39, 0.29) is 19.0 Å². The molecule has 0 aromatic heterocycles. The third-order valence-corrected chi connectivity index (χ3v) is 5.54. The molecule has 1 aliphatic rings. The van der Waals surface area contributed by atoms with Crippen LogP contribution in [0.4, 0.5) is 8.78 Å². The molecule has 1 heterocycles. The third kappa shape index (κ3) is 2.84. The Hall–Kier alpha value is -1.05. The SMILES string of the molecule is CC(O)C1CCCN(S(=O)(=O)c2c(F)cccc2F)C1. The van der Waals surface area contributed by atoms with E-state index in [1.807, 2.05) is 0 Å². The number of halogens is 2. The van der Waals surface area contributed by atoms with Crippen LogP contribution in [-0.4, -0.2) is 37.0 Å². The lowest BCUT2D eigenvalue weighted by molar-refractivity contribution is 0.0884. The Labute approximate surface area is 117 Å². The molecule has 2 rings (SSSR count). The van der Waals surface area contributed by atoms with E-state index in [1.165, 1.54) is 0 Å². The molecule has 1 fully saturated rings. The second-order valence-electron chi connectivity index (χ2n) is 5.06. The molecule has 0 radical (unpaired) electrons. The topological polar surface area (TPSA) is 57.6 Å². The Morgan fingerprint density at radius 2 is 1.95 bits per heavy atom. The molecule has 0 bridgehead atoms. The molecule has 1 N–H and O–H groups in total. The molecule has 4 nitrogen and oxygen atoms in total. The number of sulfonamides is 1. The lowest BCUT2D eigenvalue weighted by Crippen LogP contribution is -2.43. The van der Waals surface area contributed by atoms with Gasteiger partial charge in [0, 0.05) is 13.1 Å². The smallest absolute Gasteiger partial charge is 0.248 e. The monoisotopic (exact) mass is 305 g/mol. The zero-order valence-electron chi connectivity index (χ0n) is 11.1. The molecule has 1 aromatic carbocycles. The van der Waals surface area contributed by atoms with Gasteiger partial charge in [-0.3, -0.25) is 0 Å². The Balaban J connectivity index is 2.35. The number of hydrogen-bond acceptors (Lipinski definition) is 3. The summed E-state index contributed by atoms with van der Waals surface area (Å²) in [6.07, 6.45) is 0.604. The Morgan fingerprint density at radius 3 is 2.50 bits per heavy atom. The minimum atomic E-state index is -4.22. The van der Waals surface area contributed by atoms with Crippen molar-refractivity contribution < 1.29 is 22.3 Å². The Kier molecular flexibility index (Phi) is 4.41. The number of aliphatic hydroxyl groups is 1. The summed E-state index contributed by atoms with van der Waals surface area (Å²) in [7, 11) is -4.22. The zero-order chi connectivity index (χ0) is 14.9. The maximum Gasteiger partial charge on any atom is 0.248 e. The summed E-state index contributed by atoms with van der Waals surface area (Å²) in [5, 5.41) is 9.57. The highest BCUT2D eigenvalue weighted by molar-refractivity contribution is 7.89. The van der Waals surface area contributed by atoms with Crippen LogP contribution in [0.2, 0.25) is 0 Å². The molecule has 7 heteroatoms. The van der Waals surface area contributed by atoms with E-state index in [9.17, 15) is 22.3 Å². The molecule has 20 heavy (non-hydrogen) atoms. The van der Waals surface area contributed by atoms with E-state index >= 15 is 0 Å². The summed E-state index contributed by atoms with van der Waals surface area (Å²) in [5.41, 5.74) is 0. The highest BCUT2D eigenvalue weighted by atomic mass is 32.2. The third-order valence-electron chi connectivity index (χ3n) is 3.62. The van der Waals surface area contributed by atoms with Gasteiger partial charge in [0.15, 0.2) is 4.90 Å². The minimum Gasteiger partial charge on any atom is -0.393 e. The van der Waals surface area contributed by atoms with Crippen LogP contribution < -0.4 is 0 Å². The van der Waals surface area contributed by atoms with Crippen molar-refractivity contribution in [2.24, 2.45) is 5.92 Å². The Morgan fingerprint density at radius 1 is 1.35 bits per heavy atom. The summed E-state index contributed by atoms with van der Waals surface area (Å²) < 4.78 is 53.1. The lowest BCUT2D eigenvalue weighted by atomic mass is 9.95. The van der Waals surface area contributed by atoms with Crippen LogP contribution in [0.3, 0.4) is 0 Å². The molecule has 0 saturated carbocycles. The summed E-state index contributed by atoms with van der Waals surface area (Å²) in [6.45, 7) is 1.87. The van der Waals surface area contributed by atoms with E-state index in [4.69, 9.17) is 0 Å². The van der Waals surface area contributed by atoms with Gasteiger partial charge in [-0.25, -0.2) is 17.2 Å². The number of benzene rings is 1. The van der Waals surface area contributed by atoms with Gasteiger partial charge in [-0.05, 0) is 37.8 Å². The fraction of sp³-hybridized carbons (Fsp3) is 0.538. The van der Waals surface area contributed by atoms with Gasteiger partial charge < -0.3 is 5.11 Å². The van der Waals surface area contributed by atoms with Crippen molar-refractivity contribution >= 4 is 10.0 Å². The van der Waals surface area contributed by atoms with Gasteiger partial charge in [0.1, 0.15) is 11.6 Å². The fourth-order valence-corrected chi connectivity index (χ4v) is 4.09. The van der Waals surface area contributed by atoms with Crippen LogP contribution in [0.25, 0.3) is 0 Å². The Bertz CT molecular complexity index is 569. The number of rotatable bonds is 3. The van der Waals surface area contributed by atoms with E-state index in [2.05, 4.69) is 0 Å². The average molecular weight is 305 g/mol. The highest BCUT2D eigenvalue weighted by Crippen LogP contribution is 2.28. The van der Waals surface area contributed by atoms with Gasteiger partial charge in [0.2, 0.25) is 10.0 Å². The fourth-order valence-electron chi connectivity index (χ4n) is 2.44. The first-order valence-electron chi connectivity index (χ1n) is 6.46. The molecule has 0 aliphatic carbocycles. The van der Waals surface area contributed by atoms with Gasteiger partial charge in [-0.1, -0.05) is 6.07 Å². The van der Waals surface area contributed by atoms with Crippen LogP contribution >= 0.6 is 0 Å². The summed E-state index contributed by atoms with van der Waals surface area (Å²) >= 11 is 0. The number of hydrogen-bond donors (Lipinski definition) is 1. The normalized spacial score (nSPS) is 22.7. The number of aliphatic hydroxyl groups excluding tert-OH is 1. The number of piperidine rings is 1. The van der Waals surface area contributed by atoms with Crippen molar-refractivity contribution in [3.8, 4) is 0 Å². The lowest BCUT2D eigenvalue weighted by Gasteiger charge is -2.33. The zero-order valence-corrected chi connectivity index (χ0v) is 11.9. The van der Waals surface area contributed by atoms with Crippen LogP contribution in [0, 0.1) is 17.6 Å². The molecular formula is C13H17F2NO3S. The van der Waals surface area contributed by atoms with Crippen molar-refractivity contribution in [2.45, 2.75) is 30.8 Å². The summed E-state index contributed by atoms with van der Waals surface area (Å²) in [6, 6.07) is 2.97. The molecule has 0 amide bonds. The second kappa shape index (κ2) is 5.75. The van der Waals surface area contributed by atoms with E-state index in [1.54, 1.807) is 6.92 Å². The first-order chi connectivity index (χ1) is 9.34. The van der Waals surface area contributed by atoms with Crippen LogP contribution in [0.15, 0.2) is 23.1 Å². The van der Waals surface area contributed by atoms with Gasteiger partial charge >= 0.3 is 0 Å². The highest BCUT2D eigenvalue weighted by Gasteiger charge is 2.35. The maximum atomic E-state index is 13.7. The van der Waals surface area contributed by atoms with Crippen molar-refractivity contribution in [1.82, 2.24) is 4.31 Å². The quantitative estimate of drug-likeness (QED) is 0.925.